The first-order chi connectivity index (χ1) is 17.0. The van der Waals surface area contributed by atoms with E-state index >= 15 is 0 Å². The summed E-state index contributed by atoms with van der Waals surface area (Å²) in [5.74, 6) is -0.561. The van der Waals surface area contributed by atoms with Crippen LogP contribution >= 0.6 is 18.7 Å². The molecule has 1 aromatic carbocycles. The lowest BCUT2D eigenvalue weighted by molar-refractivity contribution is -0.124. The first kappa shape index (κ1) is 27.1. The van der Waals surface area contributed by atoms with Crippen molar-refractivity contribution in [2.24, 2.45) is 11.8 Å². The lowest BCUT2D eigenvalue weighted by Crippen LogP contribution is -2.47. The summed E-state index contributed by atoms with van der Waals surface area (Å²) in [5.41, 5.74) is 2.00. The van der Waals surface area contributed by atoms with Gasteiger partial charge in [-0.25, -0.2) is 4.79 Å². The van der Waals surface area contributed by atoms with Gasteiger partial charge in [-0.05, 0) is 74.5 Å². The number of hydrogen-bond acceptors (Lipinski definition) is 5. The van der Waals surface area contributed by atoms with Gasteiger partial charge >= 0.3 is 5.97 Å². The molecule has 0 saturated heterocycles. The number of carboxylic acids is 1. The number of carboxylic acid groups (broad SMARTS) is 1. The molecule has 2 saturated carbocycles. The zero-order valence-electron chi connectivity index (χ0n) is 20.9. The second kappa shape index (κ2) is 11.2. The molecular formula is C27H36NO6PS. The Hall–Kier alpha value is -1.99. The van der Waals surface area contributed by atoms with Crippen molar-refractivity contribution in [3.63, 3.8) is 0 Å². The molecule has 1 atom stereocenters. The second-order valence-corrected chi connectivity index (χ2v) is 14.1. The first-order valence-corrected chi connectivity index (χ1v) is 15.9. The summed E-state index contributed by atoms with van der Waals surface area (Å²) in [6.07, 6.45) is 5.84. The van der Waals surface area contributed by atoms with Gasteiger partial charge in [-0.2, -0.15) is 0 Å². The van der Waals surface area contributed by atoms with Gasteiger partial charge in [0.2, 0.25) is 13.3 Å². The number of carbonyl (C=O) groups is 2. The zero-order valence-corrected chi connectivity index (χ0v) is 22.6. The van der Waals surface area contributed by atoms with Crippen molar-refractivity contribution < 1.29 is 29.3 Å². The van der Waals surface area contributed by atoms with Crippen LogP contribution in [-0.2, 0) is 15.5 Å². The minimum absolute atomic E-state index is 0.00660. The predicted molar refractivity (Wildman–Crippen MR) is 143 cm³/mol. The SMILES string of the molecule is CC1CCC(C(=O)N(c2cc(-c3ccc(CP(C)(=O)O)cc3)sc2C(=O)O)C2CCC(O)CC2)CC1. The van der Waals surface area contributed by atoms with E-state index in [1.807, 2.05) is 18.2 Å². The largest absolute Gasteiger partial charge is 0.477 e. The van der Waals surface area contributed by atoms with E-state index in [4.69, 9.17) is 0 Å². The Labute approximate surface area is 216 Å². The normalized spacial score (nSPS) is 26.2. The number of hydrogen-bond donors (Lipinski definition) is 3. The van der Waals surface area contributed by atoms with Gasteiger partial charge in [0.25, 0.3) is 0 Å². The fourth-order valence-electron chi connectivity index (χ4n) is 5.48. The van der Waals surface area contributed by atoms with Gasteiger partial charge in [0, 0.05) is 29.7 Å². The predicted octanol–water partition coefficient (Wildman–Crippen LogP) is 5.98. The summed E-state index contributed by atoms with van der Waals surface area (Å²) in [6.45, 7) is 3.54. The average Bonchev–Trinajstić information content (AvgIpc) is 3.25. The Morgan fingerprint density at radius 2 is 1.64 bits per heavy atom. The zero-order chi connectivity index (χ0) is 26.0. The molecule has 1 amide bonds. The summed E-state index contributed by atoms with van der Waals surface area (Å²) < 4.78 is 11.8. The quantitative estimate of drug-likeness (QED) is 0.378. The molecule has 0 aliphatic heterocycles. The maximum Gasteiger partial charge on any atom is 0.348 e. The van der Waals surface area contributed by atoms with Crippen molar-refractivity contribution in [3.8, 4) is 10.4 Å². The molecule has 2 aliphatic rings. The molecule has 196 valence electrons. The van der Waals surface area contributed by atoms with Crippen LogP contribution in [0, 0.1) is 11.8 Å². The molecule has 36 heavy (non-hydrogen) atoms. The van der Waals surface area contributed by atoms with E-state index in [0.29, 0.717) is 37.3 Å². The summed E-state index contributed by atoms with van der Waals surface area (Å²) in [4.78, 5) is 38.6. The van der Waals surface area contributed by atoms with E-state index in [1.54, 1.807) is 17.0 Å². The third kappa shape index (κ3) is 6.46. The van der Waals surface area contributed by atoms with E-state index in [2.05, 4.69) is 6.92 Å². The van der Waals surface area contributed by atoms with E-state index in [-0.39, 0.29) is 35.0 Å². The highest BCUT2D eigenvalue weighted by Gasteiger charge is 2.37. The molecule has 7 nitrogen and oxygen atoms in total. The average molecular weight is 534 g/mol. The van der Waals surface area contributed by atoms with E-state index < -0.39 is 13.3 Å². The Morgan fingerprint density at radius 3 is 2.19 bits per heavy atom. The number of benzene rings is 1. The Bertz CT molecular complexity index is 1120. The number of nitrogens with zero attached hydrogens (tertiary/aromatic N) is 1. The molecule has 1 aromatic heterocycles. The molecule has 1 unspecified atom stereocenters. The fraction of sp³-hybridized carbons (Fsp3) is 0.556. The number of thiophene rings is 1. The Balaban J connectivity index is 1.69. The van der Waals surface area contributed by atoms with Gasteiger partial charge in [0.15, 0.2) is 0 Å². The highest BCUT2D eigenvalue weighted by Crippen LogP contribution is 2.43. The molecule has 9 heteroatoms. The van der Waals surface area contributed by atoms with E-state index in [1.165, 1.54) is 6.66 Å². The van der Waals surface area contributed by atoms with Crippen molar-refractivity contribution in [3.05, 3.63) is 40.8 Å². The maximum atomic E-state index is 13.9. The summed E-state index contributed by atoms with van der Waals surface area (Å²) in [7, 11) is -3.19. The van der Waals surface area contributed by atoms with Crippen LogP contribution in [0.3, 0.4) is 0 Å². The monoisotopic (exact) mass is 533 g/mol. The van der Waals surface area contributed by atoms with Gasteiger partial charge in [0.1, 0.15) is 4.88 Å². The number of aliphatic hydroxyl groups excluding tert-OH is 1. The Morgan fingerprint density at radius 1 is 1.03 bits per heavy atom. The summed E-state index contributed by atoms with van der Waals surface area (Å²) in [5, 5.41) is 20.1. The molecule has 2 aromatic rings. The standard InChI is InChI=1S/C27H36NO6PS/c1-17-3-7-20(8-4-17)26(30)28(21-11-13-22(29)14-12-21)23-15-24(36-25(23)27(31)32)19-9-5-18(6-10-19)16-35(2,33)34/h5-6,9-10,15,17,20-22,29H,3-4,7-8,11-14,16H2,1-2H3,(H,31,32)(H,33,34). The first-order valence-electron chi connectivity index (χ1n) is 12.8. The van der Waals surface area contributed by atoms with Gasteiger partial charge in [0.05, 0.1) is 11.8 Å². The maximum absolute atomic E-state index is 13.9. The van der Waals surface area contributed by atoms with Crippen LogP contribution in [0.25, 0.3) is 10.4 Å². The molecule has 0 radical (unpaired) electrons. The Kier molecular flexibility index (Phi) is 8.40. The van der Waals surface area contributed by atoms with Crippen LogP contribution in [0.15, 0.2) is 30.3 Å². The second-order valence-electron chi connectivity index (χ2n) is 10.7. The van der Waals surface area contributed by atoms with E-state index in [9.17, 15) is 29.3 Å². The van der Waals surface area contributed by atoms with Crippen LogP contribution < -0.4 is 4.90 Å². The van der Waals surface area contributed by atoms with Gasteiger partial charge in [-0.1, -0.05) is 31.2 Å². The number of aliphatic hydroxyl groups is 1. The highest BCUT2D eigenvalue weighted by atomic mass is 32.1. The van der Waals surface area contributed by atoms with Gasteiger partial charge in [-0.15, -0.1) is 11.3 Å². The van der Waals surface area contributed by atoms with Gasteiger partial charge in [-0.3, -0.25) is 9.36 Å². The van der Waals surface area contributed by atoms with Crippen molar-refractivity contribution in [1.82, 2.24) is 0 Å². The van der Waals surface area contributed by atoms with Crippen LogP contribution in [0.1, 0.15) is 73.5 Å². The number of anilines is 1. The lowest BCUT2D eigenvalue weighted by Gasteiger charge is -2.38. The number of amides is 1. The van der Waals surface area contributed by atoms with Crippen LogP contribution in [0.2, 0.25) is 0 Å². The van der Waals surface area contributed by atoms with Crippen LogP contribution in [0.4, 0.5) is 5.69 Å². The third-order valence-electron chi connectivity index (χ3n) is 7.51. The third-order valence-corrected chi connectivity index (χ3v) is 9.63. The lowest BCUT2D eigenvalue weighted by atomic mass is 9.81. The summed E-state index contributed by atoms with van der Waals surface area (Å²) >= 11 is 1.15. The van der Waals surface area contributed by atoms with Crippen LogP contribution in [-0.4, -0.2) is 45.8 Å². The number of aromatic carboxylic acids is 1. The molecule has 2 aliphatic carbocycles. The van der Waals surface area contributed by atoms with Crippen molar-refractivity contribution in [1.29, 1.82) is 0 Å². The van der Waals surface area contributed by atoms with E-state index in [0.717, 1.165) is 53.0 Å². The number of rotatable bonds is 7. The topological polar surface area (TPSA) is 115 Å². The fourth-order valence-corrected chi connectivity index (χ4v) is 7.37. The summed E-state index contributed by atoms with van der Waals surface area (Å²) in [6, 6.07) is 8.92. The molecule has 1 heterocycles. The van der Waals surface area contributed by atoms with Gasteiger partial charge < -0.3 is 20.0 Å². The minimum atomic E-state index is -3.19. The van der Waals surface area contributed by atoms with Crippen molar-refractivity contribution >= 4 is 36.3 Å². The molecular weight excluding hydrogens is 497 g/mol. The highest BCUT2D eigenvalue weighted by molar-refractivity contribution is 7.56. The number of carbonyl (C=O) groups excluding carboxylic acids is 1. The smallest absolute Gasteiger partial charge is 0.348 e. The molecule has 4 rings (SSSR count). The molecule has 0 bridgehead atoms. The molecule has 0 spiro atoms. The van der Waals surface area contributed by atoms with Crippen molar-refractivity contribution in [2.75, 3.05) is 11.6 Å². The molecule has 3 N–H and O–H groups in total. The van der Waals surface area contributed by atoms with Crippen LogP contribution in [0.5, 0.6) is 0 Å². The van der Waals surface area contributed by atoms with Crippen molar-refractivity contribution in [2.45, 2.75) is 76.6 Å². The molecule has 2 fully saturated rings. The minimum Gasteiger partial charge on any atom is -0.477 e.